The second-order valence-corrected chi connectivity index (χ2v) is 6.45. The molecule has 138 valence electrons. The number of methoxy groups -OCH3 is 1. The van der Waals surface area contributed by atoms with Gasteiger partial charge in [0.25, 0.3) is 0 Å². The first-order chi connectivity index (χ1) is 12.5. The minimum atomic E-state index is -0.544. The molecule has 2 aromatic carbocycles. The number of amides is 2. The van der Waals surface area contributed by atoms with Gasteiger partial charge in [-0.15, -0.1) is 0 Å². The molecule has 26 heavy (non-hydrogen) atoms. The second kappa shape index (κ2) is 7.66. The predicted octanol–water partition coefficient (Wildman–Crippen LogP) is 3.49. The number of hydrogen-bond acceptors (Lipinski definition) is 4. The van der Waals surface area contributed by atoms with Crippen LogP contribution in [0.1, 0.15) is 23.1 Å². The standard InChI is InChI=1S/C20H25N3O3/c1-14-17-8-5-11-22(13-15-6-4-7-16(12-15)26-3)19(17)10-9-18(14)23(25)20(24)21-2/h4,6-7,9-10,12,25H,5,8,11,13H2,1-3H3,(H,21,24). The maximum Gasteiger partial charge on any atom is 0.345 e. The number of hydroxylamine groups is 1. The molecule has 1 aliphatic rings. The molecular weight excluding hydrogens is 330 g/mol. The number of carbonyl (C=O) groups excluding carboxylic acids is 1. The monoisotopic (exact) mass is 355 g/mol. The summed E-state index contributed by atoms with van der Waals surface area (Å²) in [5.74, 6) is 0.854. The Labute approximate surface area is 153 Å². The molecule has 3 rings (SSSR count). The molecule has 2 amide bonds. The van der Waals surface area contributed by atoms with Crippen LogP contribution in [0.3, 0.4) is 0 Å². The smallest absolute Gasteiger partial charge is 0.345 e. The van der Waals surface area contributed by atoms with Gasteiger partial charge in [0, 0.05) is 25.8 Å². The molecule has 2 aromatic rings. The average molecular weight is 355 g/mol. The second-order valence-electron chi connectivity index (χ2n) is 6.45. The molecule has 0 radical (unpaired) electrons. The third-order valence-corrected chi connectivity index (χ3v) is 4.88. The lowest BCUT2D eigenvalue weighted by Gasteiger charge is -2.33. The Morgan fingerprint density at radius 1 is 1.35 bits per heavy atom. The number of nitrogens with zero attached hydrogens (tertiary/aromatic N) is 2. The predicted molar refractivity (Wildman–Crippen MR) is 102 cm³/mol. The molecule has 2 N–H and O–H groups in total. The molecule has 1 aliphatic heterocycles. The van der Waals surface area contributed by atoms with Gasteiger partial charge in [0.05, 0.1) is 12.8 Å². The summed E-state index contributed by atoms with van der Waals surface area (Å²) < 4.78 is 5.32. The van der Waals surface area contributed by atoms with E-state index in [2.05, 4.69) is 22.3 Å². The Morgan fingerprint density at radius 3 is 2.88 bits per heavy atom. The quantitative estimate of drug-likeness (QED) is 0.651. The third kappa shape index (κ3) is 3.46. The molecule has 0 atom stereocenters. The van der Waals surface area contributed by atoms with Crippen LogP contribution in [0.2, 0.25) is 0 Å². The van der Waals surface area contributed by atoms with E-state index in [-0.39, 0.29) is 0 Å². The molecule has 0 unspecified atom stereocenters. The van der Waals surface area contributed by atoms with Crippen molar-refractivity contribution in [2.24, 2.45) is 0 Å². The zero-order valence-electron chi connectivity index (χ0n) is 15.5. The SMILES string of the molecule is CNC(=O)N(O)c1ccc2c(c1C)CCCN2Cc1cccc(OC)c1. The Balaban J connectivity index is 1.90. The van der Waals surface area contributed by atoms with Crippen LogP contribution in [0.5, 0.6) is 5.75 Å². The summed E-state index contributed by atoms with van der Waals surface area (Å²) in [7, 11) is 3.17. The zero-order chi connectivity index (χ0) is 18.7. The summed E-state index contributed by atoms with van der Waals surface area (Å²) in [6.45, 7) is 3.72. The number of hydrogen-bond donors (Lipinski definition) is 2. The molecule has 0 bridgehead atoms. The van der Waals surface area contributed by atoms with Crippen molar-refractivity contribution in [3.8, 4) is 5.75 Å². The highest BCUT2D eigenvalue weighted by Gasteiger charge is 2.23. The Kier molecular flexibility index (Phi) is 5.32. The van der Waals surface area contributed by atoms with Crippen LogP contribution >= 0.6 is 0 Å². The first-order valence-electron chi connectivity index (χ1n) is 8.76. The Morgan fingerprint density at radius 2 is 2.15 bits per heavy atom. The minimum Gasteiger partial charge on any atom is -0.497 e. The lowest BCUT2D eigenvalue weighted by Crippen LogP contribution is -2.36. The molecule has 0 aromatic heterocycles. The van der Waals surface area contributed by atoms with E-state index in [9.17, 15) is 10.0 Å². The summed E-state index contributed by atoms with van der Waals surface area (Å²) in [5.41, 5.74) is 4.98. The average Bonchev–Trinajstić information content (AvgIpc) is 2.68. The van der Waals surface area contributed by atoms with E-state index in [1.807, 2.05) is 25.1 Å². The highest BCUT2D eigenvalue weighted by molar-refractivity contribution is 5.91. The van der Waals surface area contributed by atoms with Gasteiger partial charge in [-0.05, 0) is 60.7 Å². The summed E-state index contributed by atoms with van der Waals surface area (Å²) >= 11 is 0. The fraction of sp³-hybridized carbons (Fsp3) is 0.350. The van der Waals surface area contributed by atoms with Gasteiger partial charge in [0.1, 0.15) is 5.75 Å². The highest BCUT2D eigenvalue weighted by atomic mass is 16.5. The lowest BCUT2D eigenvalue weighted by molar-refractivity contribution is 0.206. The van der Waals surface area contributed by atoms with Gasteiger partial charge in [0.2, 0.25) is 0 Å². The van der Waals surface area contributed by atoms with E-state index in [1.54, 1.807) is 13.2 Å². The highest BCUT2D eigenvalue weighted by Crippen LogP contribution is 2.35. The third-order valence-electron chi connectivity index (χ3n) is 4.88. The molecular formula is C20H25N3O3. The Hall–Kier alpha value is -2.73. The van der Waals surface area contributed by atoms with Gasteiger partial charge in [-0.25, -0.2) is 4.79 Å². The van der Waals surface area contributed by atoms with Crippen molar-refractivity contribution in [2.45, 2.75) is 26.3 Å². The number of carbonyl (C=O) groups is 1. The summed E-state index contributed by atoms with van der Waals surface area (Å²) in [5, 5.41) is 13.2. The van der Waals surface area contributed by atoms with Gasteiger partial charge in [-0.1, -0.05) is 12.1 Å². The van der Waals surface area contributed by atoms with Crippen LogP contribution in [0.15, 0.2) is 36.4 Å². The van der Waals surface area contributed by atoms with Gasteiger partial charge in [-0.3, -0.25) is 5.21 Å². The first kappa shape index (κ1) is 18.1. The summed E-state index contributed by atoms with van der Waals surface area (Å²) in [4.78, 5) is 14.1. The molecule has 0 spiro atoms. The molecule has 0 aliphatic carbocycles. The van der Waals surface area contributed by atoms with Crippen LogP contribution in [-0.4, -0.2) is 31.9 Å². The minimum absolute atomic E-state index is 0.520. The van der Waals surface area contributed by atoms with Gasteiger partial charge in [0.15, 0.2) is 0 Å². The molecule has 0 saturated carbocycles. The number of rotatable bonds is 4. The van der Waals surface area contributed by atoms with Crippen molar-refractivity contribution in [2.75, 3.05) is 30.7 Å². The van der Waals surface area contributed by atoms with Crippen LogP contribution in [0.4, 0.5) is 16.2 Å². The number of urea groups is 1. The van der Waals surface area contributed by atoms with Crippen molar-refractivity contribution in [1.82, 2.24) is 5.32 Å². The van der Waals surface area contributed by atoms with Crippen molar-refractivity contribution < 1.29 is 14.7 Å². The Bertz CT molecular complexity index is 807. The lowest BCUT2D eigenvalue weighted by atomic mass is 9.95. The van der Waals surface area contributed by atoms with Crippen LogP contribution in [0, 0.1) is 6.92 Å². The molecule has 1 heterocycles. The number of nitrogens with one attached hydrogen (secondary N) is 1. The van der Waals surface area contributed by atoms with Crippen molar-refractivity contribution in [3.63, 3.8) is 0 Å². The number of fused-ring (bicyclic) bond motifs is 1. The summed E-state index contributed by atoms with van der Waals surface area (Å²) in [6, 6.07) is 11.3. The van der Waals surface area contributed by atoms with Crippen molar-refractivity contribution in [3.05, 3.63) is 53.1 Å². The van der Waals surface area contributed by atoms with Gasteiger partial charge < -0.3 is 15.0 Å². The molecule has 6 nitrogen and oxygen atoms in total. The number of ether oxygens (including phenoxy) is 1. The van der Waals surface area contributed by atoms with Crippen LogP contribution in [0.25, 0.3) is 0 Å². The fourth-order valence-corrected chi connectivity index (χ4v) is 3.51. The first-order valence-corrected chi connectivity index (χ1v) is 8.76. The van der Waals surface area contributed by atoms with Crippen molar-refractivity contribution >= 4 is 17.4 Å². The van der Waals surface area contributed by atoms with Crippen LogP contribution < -0.4 is 20.0 Å². The van der Waals surface area contributed by atoms with Crippen LogP contribution in [-0.2, 0) is 13.0 Å². The zero-order valence-corrected chi connectivity index (χ0v) is 15.5. The fourth-order valence-electron chi connectivity index (χ4n) is 3.51. The maximum absolute atomic E-state index is 11.7. The van der Waals surface area contributed by atoms with E-state index in [0.717, 1.165) is 42.9 Å². The van der Waals surface area contributed by atoms with E-state index >= 15 is 0 Å². The topological polar surface area (TPSA) is 65.0 Å². The molecule has 0 fully saturated rings. The van der Waals surface area contributed by atoms with E-state index in [4.69, 9.17) is 4.74 Å². The number of anilines is 2. The van der Waals surface area contributed by atoms with E-state index in [0.29, 0.717) is 10.8 Å². The maximum atomic E-state index is 11.7. The van der Waals surface area contributed by atoms with Crippen molar-refractivity contribution in [1.29, 1.82) is 0 Å². The normalized spacial score (nSPS) is 13.2. The van der Waals surface area contributed by atoms with Gasteiger partial charge in [-0.2, -0.15) is 5.06 Å². The van der Waals surface area contributed by atoms with Gasteiger partial charge >= 0.3 is 6.03 Å². The molecule has 0 saturated heterocycles. The van der Waals surface area contributed by atoms with E-state index in [1.165, 1.54) is 18.2 Å². The van der Waals surface area contributed by atoms with E-state index < -0.39 is 6.03 Å². The molecule has 6 heteroatoms. The summed E-state index contributed by atoms with van der Waals surface area (Å²) in [6.07, 6.45) is 1.97. The number of benzene rings is 2. The largest absolute Gasteiger partial charge is 0.497 e.